The molecule has 0 radical (unpaired) electrons. The number of phenolic OH excluding ortho intramolecular Hbond substituents is 1. The van der Waals surface area contributed by atoms with Crippen LogP contribution in [-0.2, 0) is 23.8 Å². The van der Waals surface area contributed by atoms with Gasteiger partial charge in [-0.15, -0.1) is 46.4 Å². The van der Waals surface area contributed by atoms with Crippen molar-refractivity contribution in [2.24, 2.45) is 5.16 Å². The molecule has 8 atom stereocenters. The number of alkyl halides is 6. The Morgan fingerprint density at radius 3 is 1.19 bits per heavy atom. The van der Waals surface area contributed by atoms with E-state index >= 15 is 0 Å². The number of ether oxygens (including phenoxy) is 7. The van der Waals surface area contributed by atoms with Crippen LogP contribution in [0.25, 0.3) is 11.1 Å². The van der Waals surface area contributed by atoms with Crippen LogP contribution in [0.5, 0.6) is 23.0 Å². The number of nitrogens with zero attached hydrogens (tertiary/aromatic N) is 2. The van der Waals surface area contributed by atoms with Gasteiger partial charge in [-0.2, -0.15) is 10.5 Å². The zero-order valence-electron chi connectivity index (χ0n) is 67.8. The highest BCUT2D eigenvalue weighted by atomic mass is 79.9. The summed E-state index contributed by atoms with van der Waals surface area (Å²) in [7, 11) is 0. The number of oxime groups is 1. The van der Waals surface area contributed by atoms with Crippen molar-refractivity contribution in [3.05, 3.63) is 339 Å². The fourth-order valence-electron chi connectivity index (χ4n) is 13.0. The van der Waals surface area contributed by atoms with Crippen LogP contribution >= 0.6 is 89.9 Å². The van der Waals surface area contributed by atoms with Crippen molar-refractivity contribution in [3.63, 3.8) is 0 Å². The molecule has 17 nitrogen and oxygen atoms in total. The van der Waals surface area contributed by atoms with Gasteiger partial charge >= 0.3 is 12.0 Å². The summed E-state index contributed by atoms with van der Waals surface area (Å²) in [5.41, 5.74) is 20.8. The molecule has 4 saturated heterocycles. The predicted octanol–water partition coefficient (Wildman–Crippen LogP) is 24.6. The number of carbonyl (C=O) groups is 3. The smallest absolute Gasteiger partial charge is 0.388 e. The van der Waals surface area contributed by atoms with Crippen LogP contribution in [0.4, 0.5) is 0 Å². The molecule has 0 aliphatic carbocycles. The lowest BCUT2D eigenvalue weighted by molar-refractivity contribution is -0.182. The van der Waals surface area contributed by atoms with Gasteiger partial charge in [-0.05, 0) is 174 Å². The van der Waals surface area contributed by atoms with Crippen molar-refractivity contribution in [2.45, 2.75) is 132 Å². The quantitative estimate of drug-likeness (QED) is 0.0106. The lowest BCUT2D eigenvalue weighted by atomic mass is 9.99. The van der Waals surface area contributed by atoms with E-state index in [9.17, 15) is 19.5 Å². The first-order valence-electron chi connectivity index (χ1n) is 37.5. The van der Waals surface area contributed by atoms with Gasteiger partial charge < -0.3 is 43.5 Å². The molecular formula is C94H100Br2Cl5N2O15+. The number of hydrogen-bond acceptors (Lipinski definition) is 16. The molecular weight excluding hydrogens is 1730 g/mol. The van der Waals surface area contributed by atoms with Gasteiger partial charge in [-0.25, -0.2) is 4.79 Å². The third-order valence-corrected chi connectivity index (χ3v) is 20.2. The molecule has 118 heavy (non-hydrogen) atoms. The highest BCUT2D eigenvalue weighted by Gasteiger charge is 2.43. The largest absolute Gasteiger partial charge is 0.507 e. The predicted molar refractivity (Wildman–Crippen MR) is 481 cm³/mol. The standard InChI is InChI=1S/C19H21NO3.C19H19NO3.C19H20O3.C10H12O2.C9H9BrO.C9H9Br.C7H5ClO3.2CH2Cl2/c2*1-12-9-13(2)18(14(3)16(12)10-20-21)22-11-17-19(23-17)15-7-5-4-6-8-15;1-12-9-13(2)18(14(3)16(12)10-20)21-11-17-19(22-17)15-7-5-4-6-8-15;1-6-4-7(2)10(12)8(3)9(6)5-11;10-6-8-9(11-8)7-4-2-1-3-5-7;10-8-4-7-9-5-2-1-3-6-9;8-6-3-1-2-5(4-6)7(9)11-10;2*2-1-3/h4-10,17,19,21H,11H2,1-3H3;4-9,17,19H,11H2,1-3H3;4-10,17,19H,11H2,1-3H3;4-5,12H,1-3H3;1-5,8-9H,6H2;1-7H,8H2;1-4,10H;2*1H2/p+1/b20-10+;;;;;7-4+;;;. The Labute approximate surface area is 734 Å². The summed E-state index contributed by atoms with van der Waals surface area (Å²) in [6.45, 7) is 24.8. The Morgan fingerprint density at radius 1 is 0.475 bits per heavy atom. The first-order valence-corrected chi connectivity index (χ1v) is 42.3. The van der Waals surface area contributed by atoms with Crippen molar-refractivity contribution < 1.29 is 73.2 Å². The van der Waals surface area contributed by atoms with E-state index in [0.717, 1.165) is 118 Å². The van der Waals surface area contributed by atoms with Crippen LogP contribution in [0, 0.1) is 89.2 Å². The summed E-state index contributed by atoms with van der Waals surface area (Å²) in [6, 6.07) is 67.7. The van der Waals surface area contributed by atoms with E-state index in [1.807, 2.05) is 191 Å². The van der Waals surface area contributed by atoms with Gasteiger partial charge in [0, 0.05) is 54.6 Å². The molecule has 24 heteroatoms. The Hall–Kier alpha value is -9.08. The second kappa shape index (κ2) is 51.4. The maximum atomic E-state index is 11.2. The van der Waals surface area contributed by atoms with Gasteiger partial charge in [0.1, 0.15) is 91.1 Å². The molecule has 10 aromatic carbocycles. The number of aromatic hydroxyl groups is 1. The highest BCUT2D eigenvalue weighted by molar-refractivity contribution is 9.09. The summed E-state index contributed by atoms with van der Waals surface area (Å²) in [5.74, 6) is 1.86. The molecule has 4 aliphatic rings. The molecule has 4 heterocycles. The van der Waals surface area contributed by atoms with E-state index in [1.54, 1.807) is 19.1 Å². The minimum absolute atomic E-state index is 0.0800. The molecule has 0 aromatic heterocycles. The Balaban J connectivity index is 0.000000216. The topological polar surface area (TPSA) is 236 Å². The summed E-state index contributed by atoms with van der Waals surface area (Å²) < 4.78 is 40.5. The number of halogens is 7. The highest BCUT2D eigenvalue weighted by Crippen LogP contribution is 2.43. The zero-order chi connectivity index (χ0) is 86.4. The van der Waals surface area contributed by atoms with Crippen LogP contribution in [0.1, 0.15) is 161 Å². The average Bonchev–Trinajstić information content (AvgIpc) is 1.58. The average molecular weight is 1830 g/mol. The summed E-state index contributed by atoms with van der Waals surface area (Å²) in [4.78, 5) is 35.9. The number of hydrogen-bond donors (Lipinski definition) is 4. The minimum Gasteiger partial charge on any atom is -0.507 e. The third-order valence-electron chi connectivity index (χ3n) is 18.9. The number of epoxide rings is 4. The van der Waals surface area contributed by atoms with Crippen molar-refractivity contribution >= 4 is 121 Å². The van der Waals surface area contributed by atoms with Crippen LogP contribution in [0.3, 0.4) is 0 Å². The van der Waals surface area contributed by atoms with Crippen molar-refractivity contribution in [3.8, 4) is 29.1 Å². The van der Waals surface area contributed by atoms with Gasteiger partial charge in [-0.3, -0.25) is 14.5 Å². The number of rotatable bonds is 20. The molecule has 8 unspecified atom stereocenters. The third kappa shape index (κ3) is 30.6. The molecule has 4 fully saturated rings. The van der Waals surface area contributed by atoms with Crippen molar-refractivity contribution in [1.82, 2.24) is 0 Å². The van der Waals surface area contributed by atoms with Gasteiger partial charge in [-0.1, -0.05) is 243 Å². The number of benzene rings is 10. The van der Waals surface area contributed by atoms with Gasteiger partial charge in [0.15, 0.2) is 12.6 Å². The molecule has 0 spiro atoms. The number of allylic oxidation sites excluding steroid dienone is 1. The molecule has 4 aliphatic heterocycles. The van der Waals surface area contributed by atoms with Crippen LogP contribution < -0.4 is 14.2 Å². The first kappa shape index (κ1) is 97.7. The maximum absolute atomic E-state index is 11.2. The van der Waals surface area contributed by atoms with Gasteiger partial charge in [0.25, 0.3) is 0 Å². The fourth-order valence-corrected chi connectivity index (χ4v) is 13.8. The van der Waals surface area contributed by atoms with Crippen LogP contribution in [0.2, 0.25) is 5.02 Å². The minimum atomic E-state index is -0.813. The summed E-state index contributed by atoms with van der Waals surface area (Å²) in [6.07, 6.45) is 8.67. The second-order valence-electron chi connectivity index (χ2n) is 27.4. The molecule has 0 saturated carbocycles. The molecule has 0 amide bonds. The summed E-state index contributed by atoms with van der Waals surface area (Å²) >= 11 is 31.3. The van der Waals surface area contributed by atoms with Crippen LogP contribution in [0.15, 0.2) is 211 Å². The Kier molecular flexibility index (Phi) is 42.6. The summed E-state index contributed by atoms with van der Waals surface area (Å²) in [5, 5.41) is 43.9. The Bertz CT molecular complexity index is 4950. The van der Waals surface area contributed by atoms with Crippen LogP contribution in [-0.4, -0.2) is 111 Å². The number of carbonyl (C=O) groups excluding carboxylic acids is 3. The number of aldehydes is 2. The second-order valence-corrected chi connectivity index (χ2v) is 30.7. The molecule has 4 N–H and O–H groups in total. The first-order chi connectivity index (χ1) is 56.8. The fraction of sp³-hybridized carbons (Fsp3) is 0.287. The number of aryl methyl sites for hydroxylation is 8. The van der Waals surface area contributed by atoms with Crippen molar-refractivity contribution in [2.75, 3.05) is 41.2 Å². The van der Waals surface area contributed by atoms with Crippen molar-refractivity contribution in [1.29, 1.82) is 0 Å². The maximum Gasteiger partial charge on any atom is 0.388 e. The molecule has 14 rings (SSSR count). The normalized spacial score (nSPS) is 17.0. The van der Waals surface area contributed by atoms with E-state index < -0.39 is 5.97 Å². The van der Waals surface area contributed by atoms with E-state index in [-0.39, 0.29) is 58.6 Å². The van der Waals surface area contributed by atoms with E-state index in [2.05, 4.69) is 126 Å². The zero-order valence-corrected chi connectivity index (χ0v) is 74.8. The lowest BCUT2D eigenvalue weighted by Crippen LogP contribution is -2.09. The van der Waals surface area contributed by atoms with E-state index in [1.165, 1.54) is 46.2 Å². The SMILES string of the molecule is BrC/C=C/c1ccccc1.BrCC1OC1c1ccccc1.Cc1cc(C)c(C=O)c(C)c1O.Cc1cc(C)c(OCC2OC2c2ccccc2)c(C)c1/C=N/O.Cc1cc(C)c(OCC2OC2c2ccccc2)c(C)c1C#[N+]O.Cc1cc(C)c(OCC2OC2c2ccccc2)c(C)c1C=O.ClCCl.ClCCl.O=C(OO)c1cccc(Cl)c1. The molecule has 10 aromatic rings. The van der Waals surface area contributed by atoms with Gasteiger partial charge in [0.05, 0.1) is 28.6 Å². The molecule has 0 bridgehead atoms. The monoisotopic (exact) mass is 1830 g/mol. The van der Waals surface area contributed by atoms with E-state index in [0.29, 0.717) is 48.2 Å². The number of phenols is 1. The lowest BCUT2D eigenvalue weighted by Gasteiger charge is -2.15. The van der Waals surface area contributed by atoms with E-state index in [4.69, 9.17) is 107 Å². The Morgan fingerprint density at radius 2 is 0.831 bits per heavy atom. The molecule has 624 valence electrons. The van der Waals surface area contributed by atoms with Gasteiger partial charge in [0.2, 0.25) is 5.01 Å².